The fourth-order valence-electron chi connectivity index (χ4n) is 3.77. The van der Waals surface area contributed by atoms with Crippen LogP contribution in [0, 0.1) is 17.2 Å². The van der Waals surface area contributed by atoms with Crippen molar-refractivity contribution in [1.29, 1.82) is 5.26 Å². The minimum absolute atomic E-state index is 0.142. The molecule has 4 heterocycles. The Balaban J connectivity index is 1.55. The Morgan fingerprint density at radius 3 is 2.59 bits per heavy atom. The van der Waals surface area contributed by atoms with Crippen molar-refractivity contribution >= 4 is 23.3 Å². The van der Waals surface area contributed by atoms with Crippen molar-refractivity contribution in [2.75, 3.05) is 43.4 Å². The second kappa shape index (κ2) is 10.2. The molecular formula is C25H32N6O2S. The lowest BCUT2D eigenvalue weighted by Crippen LogP contribution is -2.44. The van der Waals surface area contributed by atoms with E-state index in [0.717, 1.165) is 48.9 Å². The zero-order valence-corrected chi connectivity index (χ0v) is 21.0. The molecule has 34 heavy (non-hydrogen) atoms. The van der Waals surface area contributed by atoms with Gasteiger partial charge >= 0.3 is 0 Å². The molecule has 180 valence electrons. The van der Waals surface area contributed by atoms with Crippen LogP contribution in [0.3, 0.4) is 0 Å². The Labute approximate surface area is 205 Å². The molecule has 0 aliphatic carbocycles. The predicted molar refractivity (Wildman–Crippen MR) is 136 cm³/mol. The maximum absolute atomic E-state index is 10.0. The molecule has 0 bridgehead atoms. The van der Waals surface area contributed by atoms with E-state index < -0.39 is 5.60 Å². The first kappa shape index (κ1) is 24.3. The van der Waals surface area contributed by atoms with E-state index in [1.165, 1.54) is 0 Å². The molecule has 3 aromatic heterocycles. The van der Waals surface area contributed by atoms with Crippen molar-refractivity contribution in [2.24, 2.45) is 5.92 Å². The number of hydrogen-bond donors (Lipinski definition) is 1. The molecule has 1 N–H and O–H groups in total. The van der Waals surface area contributed by atoms with Crippen LogP contribution in [0.2, 0.25) is 0 Å². The molecule has 0 saturated carbocycles. The first-order valence-corrected chi connectivity index (χ1v) is 12.5. The van der Waals surface area contributed by atoms with E-state index in [1.807, 2.05) is 36.3 Å². The molecule has 1 saturated heterocycles. The number of piperazine rings is 1. The highest BCUT2D eigenvalue weighted by Gasteiger charge is 2.20. The summed E-state index contributed by atoms with van der Waals surface area (Å²) in [5.74, 6) is 3.37. The average Bonchev–Trinajstić information content (AvgIpc) is 3.24. The van der Waals surface area contributed by atoms with Crippen molar-refractivity contribution in [3.8, 4) is 22.9 Å². The van der Waals surface area contributed by atoms with Crippen molar-refractivity contribution in [3.63, 3.8) is 0 Å². The van der Waals surface area contributed by atoms with Gasteiger partial charge in [-0.1, -0.05) is 25.8 Å². The van der Waals surface area contributed by atoms with Crippen LogP contribution in [0.25, 0.3) is 16.6 Å². The van der Waals surface area contributed by atoms with E-state index in [2.05, 4.69) is 34.2 Å². The Morgan fingerprint density at radius 1 is 1.21 bits per heavy atom. The van der Waals surface area contributed by atoms with Gasteiger partial charge in [0.2, 0.25) is 0 Å². The Bertz CT molecular complexity index is 1160. The second-order valence-corrected chi connectivity index (χ2v) is 10.8. The summed E-state index contributed by atoms with van der Waals surface area (Å²) in [7, 11) is 0. The van der Waals surface area contributed by atoms with Gasteiger partial charge in [-0.3, -0.25) is 0 Å². The van der Waals surface area contributed by atoms with E-state index in [4.69, 9.17) is 9.72 Å². The standard InChI is InChI=1S/C25H32N6O2S/c1-18(2)16-34-30-9-7-29(8-10-30)23-6-5-19(13-27-23)22-11-21(33-17-25(3,4)32)15-31-24(22)20(12-26)14-28-31/h5-6,11,13-15,18,32H,7-10,16-17H2,1-4H3. The Hall–Kier alpha value is -2.80. The average molecular weight is 481 g/mol. The van der Waals surface area contributed by atoms with Crippen LogP contribution >= 0.6 is 11.9 Å². The number of nitriles is 1. The van der Waals surface area contributed by atoms with Gasteiger partial charge in [-0.2, -0.15) is 10.4 Å². The van der Waals surface area contributed by atoms with Gasteiger partial charge in [-0.25, -0.2) is 13.8 Å². The largest absolute Gasteiger partial charge is 0.489 e. The van der Waals surface area contributed by atoms with Crippen molar-refractivity contribution < 1.29 is 9.84 Å². The van der Waals surface area contributed by atoms with Crippen LogP contribution < -0.4 is 9.64 Å². The highest BCUT2D eigenvalue weighted by Crippen LogP contribution is 2.32. The molecule has 0 spiro atoms. The normalized spacial score (nSPS) is 15.1. The molecule has 0 radical (unpaired) electrons. The maximum atomic E-state index is 10.0. The van der Waals surface area contributed by atoms with Gasteiger partial charge in [0.15, 0.2) is 0 Å². The monoisotopic (exact) mass is 480 g/mol. The summed E-state index contributed by atoms with van der Waals surface area (Å²) in [5, 5.41) is 23.9. The molecule has 0 unspecified atom stereocenters. The Kier molecular flexibility index (Phi) is 7.31. The molecule has 0 amide bonds. The number of aliphatic hydroxyl groups is 1. The lowest BCUT2D eigenvalue weighted by atomic mass is 10.1. The van der Waals surface area contributed by atoms with Crippen LogP contribution in [-0.4, -0.2) is 68.1 Å². The third-order valence-electron chi connectivity index (χ3n) is 5.51. The highest BCUT2D eigenvalue weighted by molar-refractivity contribution is 7.97. The van der Waals surface area contributed by atoms with Gasteiger partial charge < -0.3 is 14.7 Å². The summed E-state index contributed by atoms with van der Waals surface area (Å²) in [5.41, 5.74) is 1.94. The minimum atomic E-state index is -0.961. The van der Waals surface area contributed by atoms with E-state index in [1.54, 1.807) is 30.8 Å². The molecule has 0 atom stereocenters. The highest BCUT2D eigenvalue weighted by atomic mass is 32.2. The molecule has 3 aromatic rings. The van der Waals surface area contributed by atoms with E-state index in [0.29, 0.717) is 22.7 Å². The van der Waals surface area contributed by atoms with Crippen molar-refractivity contribution in [1.82, 2.24) is 18.9 Å². The molecule has 4 rings (SSSR count). The lowest BCUT2D eigenvalue weighted by molar-refractivity contribution is 0.0283. The zero-order valence-electron chi connectivity index (χ0n) is 20.2. The summed E-state index contributed by atoms with van der Waals surface area (Å²) in [4.78, 5) is 7.06. The van der Waals surface area contributed by atoms with Gasteiger partial charge in [0, 0.05) is 49.3 Å². The van der Waals surface area contributed by atoms with Gasteiger partial charge in [0.25, 0.3) is 0 Å². The molecule has 1 aliphatic heterocycles. The second-order valence-electron chi connectivity index (χ2n) is 9.66. The SMILES string of the molecule is CC(C)CSN1CCN(c2ccc(-c3cc(OCC(C)(C)O)cn4ncc(C#N)c34)cn2)CC1. The number of anilines is 1. The summed E-state index contributed by atoms with van der Waals surface area (Å²) < 4.78 is 9.91. The van der Waals surface area contributed by atoms with Gasteiger partial charge in [0.1, 0.15) is 24.2 Å². The van der Waals surface area contributed by atoms with Crippen LogP contribution in [0.5, 0.6) is 5.75 Å². The predicted octanol–water partition coefficient (Wildman–Crippen LogP) is 3.84. The number of pyridine rings is 2. The van der Waals surface area contributed by atoms with E-state index >= 15 is 0 Å². The Morgan fingerprint density at radius 2 is 1.97 bits per heavy atom. The summed E-state index contributed by atoms with van der Waals surface area (Å²) in [6.07, 6.45) is 5.12. The van der Waals surface area contributed by atoms with Crippen LogP contribution in [-0.2, 0) is 0 Å². The van der Waals surface area contributed by atoms with E-state index in [-0.39, 0.29) is 6.61 Å². The fourth-order valence-corrected chi connectivity index (χ4v) is 4.70. The smallest absolute Gasteiger partial charge is 0.138 e. The lowest BCUT2D eigenvalue weighted by Gasteiger charge is -2.34. The maximum Gasteiger partial charge on any atom is 0.138 e. The van der Waals surface area contributed by atoms with Crippen molar-refractivity contribution in [2.45, 2.75) is 33.3 Å². The molecule has 1 fully saturated rings. The third kappa shape index (κ3) is 5.81. The number of nitrogens with zero attached hydrogens (tertiary/aromatic N) is 6. The van der Waals surface area contributed by atoms with E-state index in [9.17, 15) is 10.4 Å². The number of ether oxygens (including phenoxy) is 1. The van der Waals surface area contributed by atoms with Gasteiger partial charge in [-0.15, -0.1) is 0 Å². The quantitative estimate of drug-likeness (QED) is 0.487. The molecular weight excluding hydrogens is 448 g/mol. The third-order valence-corrected chi connectivity index (χ3v) is 7.06. The van der Waals surface area contributed by atoms with Crippen LogP contribution in [0.4, 0.5) is 5.82 Å². The zero-order chi connectivity index (χ0) is 24.3. The number of rotatable bonds is 8. The molecule has 0 aromatic carbocycles. The number of aromatic nitrogens is 3. The molecule has 1 aliphatic rings. The topological polar surface area (TPSA) is 89.9 Å². The van der Waals surface area contributed by atoms with Gasteiger partial charge in [-0.05, 0) is 38.0 Å². The summed E-state index contributed by atoms with van der Waals surface area (Å²) >= 11 is 1.94. The first-order chi connectivity index (χ1) is 16.2. The number of hydrogen-bond acceptors (Lipinski definition) is 8. The van der Waals surface area contributed by atoms with Crippen LogP contribution in [0.1, 0.15) is 33.3 Å². The van der Waals surface area contributed by atoms with Gasteiger partial charge in [0.05, 0.1) is 29.1 Å². The number of fused-ring (bicyclic) bond motifs is 1. The summed E-state index contributed by atoms with van der Waals surface area (Å²) in [6, 6.07) is 8.17. The molecule has 8 nitrogen and oxygen atoms in total. The summed E-state index contributed by atoms with van der Waals surface area (Å²) in [6.45, 7) is 12.0. The molecule has 9 heteroatoms. The van der Waals surface area contributed by atoms with Crippen molar-refractivity contribution in [3.05, 3.63) is 42.4 Å². The minimum Gasteiger partial charge on any atom is -0.489 e. The first-order valence-electron chi connectivity index (χ1n) is 11.6. The fraction of sp³-hybridized carbons (Fsp3) is 0.480. The van der Waals surface area contributed by atoms with Crippen LogP contribution in [0.15, 0.2) is 36.8 Å².